The molecule has 0 spiro atoms. The van der Waals surface area contributed by atoms with Gasteiger partial charge in [0, 0.05) is 18.5 Å². The molecule has 0 fully saturated rings. The molecule has 0 bridgehead atoms. The number of ether oxygens (including phenoxy) is 1. The predicted molar refractivity (Wildman–Crippen MR) is 105 cm³/mol. The Balaban J connectivity index is 1.40. The topological polar surface area (TPSA) is 94.3 Å². The maximum Gasteiger partial charge on any atom is 0.240 e. The predicted octanol–water partition coefficient (Wildman–Crippen LogP) is 3.58. The molecule has 1 heterocycles. The van der Waals surface area contributed by atoms with Crippen LogP contribution in [0.2, 0.25) is 0 Å². The zero-order valence-electron chi connectivity index (χ0n) is 16.0. The standard InChI is InChI=1S/C20H22FN3O4S/c1-27-17-11-9-15(10-12-17)20-23-19(28-24-20)8-3-2-4-13-22-29(25,26)18-7-5-6-16(21)14-18/h5-7,9-12,14,22H,2-4,8,13H2,1H3. The third kappa shape index (κ3) is 5.85. The number of nitrogens with one attached hydrogen (secondary N) is 1. The lowest BCUT2D eigenvalue weighted by atomic mass is 10.2. The van der Waals surface area contributed by atoms with E-state index in [1.807, 2.05) is 24.3 Å². The summed E-state index contributed by atoms with van der Waals surface area (Å²) >= 11 is 0. The largest absolute Gasteiger partial charge is 0.497 e. The van der Waals surface area contributed by atoms with Gasteiger partial charge in [-0.3, -0.25) is 0 Å². The van der Waals surface area contributed by atoms with Gasteiger partial charge in [-0.05, 0) is 55.3 Å². The summed E-state index contributed by atoms with van der Waals surface area (Å²) in [5, 5.41) is 3.98. The summed E-state index contributed by atoms with van der Waals surface area (Å²) in [6, 6.07) is 12.3. The maximum atomic E-state index is 13.2. The lowest BCUT2D eigenvalue weighted by Crippen LogP contribution is -2.24. The molecule has 0 saturated carbocycles. The smallest absolute Gasteiger partial charge is 0.240 e. The Morgan fingerprint density at radius 1 is 1.10 bits per heavy atom. The Labute approximate surface area is 169 Å². The number of nitrogens with zero attached hydrogens (tertiary/aromatic N) is 2. The third-order valence-electron chi connectivity index (χ3n) is 4.28. The van der Waals surface area contributed by atoms with Gasteiger partial charge in [0.2, 0.25) is 21.7 Å². The van der Waals surface area contributed by atoms with Gasteiger partial charge in [0.25, 0.3) is 0 Å². The molecule has 0 saturated heterocycles. The van der Waals surface area contributed by atoms with Crippen molar-refractivity contribution in [3.63, 3.8) is 0 Å². The molecule has 7 nitrogen and oxygen atoms in total. The number of unbranched alkanes of at least 4 members (excludes halogenated alkanes) is 2. The summed E-state index contributed by atoms with van der Waals surface area (Å²) in [5.74, 6) is 1.23. The Kier molecular flexibility index (Phi) is 6.95. The minimum atomic E-state index is -3.69. The van der Waals surface area contributed by atoms with Crippen LogP contribution in [-0.2, 0) is 16.4 Å². The summed E-state index contributed by atoms with van der Waals surface area (Å²) in [5.41, 5.74) is 0.840. The van der Waals surface area contributed by atoms with E-state index in [-0.39, 0.29) is 11.4 Å². The van der Waals surface area contributed by atoms with Crippen LogP contribution in [0.5, 0.6) is 5.75 Å². The van der Waals surface area contributed by atoms with Crippen molar-refractivity contribution in [1.82, 2.24) is 14.9 Å². The first kappa shape index (κ1) is 20.9. The van der Waals surface area contributed by atoms with Crippen LogP contribution in [-0.4, -0.2) is 32.2 Å². The molecular formula is C20H22FN3O4S. The van der Waals surface area contributed by atoms with Crippen molar-refractivity contribution in [3.8, 4) is 17.1 Å². The van der Waals surface area contributed by atoms with Crippen LogP contribution in [0, 0.1) is 5.82 Å². The van der Waals surface area contributed by atoms with Crippen molar-refractivity contribution in [2.24, 2.45) is 0 Å². The summed E-state index contributed by atoms with van der Waals surface area (Å²) < 4.78 is 50.2. The van der Waals surface area contributed by atoms with E-state index in [2.05, 4.69) is 14.9 Å². The maximum absolute atomic E-state index is 13.2. The van der Waals surface area contributed by atoms with Crippen LogP contribution in [0.4, 0.5) is 4.39 Å². The number of benzene rings is 2. The second-order valence-electron chi connectivity index (χ2n) is 6.41. The van der Waals surface area contributed by atoms with Crippen molar-refractivity contribution >= 4 is 10.0 Å². The Morgan fingerprint density at radius 3 is 2.62 bits per heavy atom. The molecule has 154 valence electrons. The first-order valence-electron chi connectivity index (χ1n) is 9.20. The molecule has 0 unspecified atom stereocenters. The monoisotopic (exact) mass is 419 g/mol. The van der Waals surface area contributed by atoms with Crippen molar-refractivity contribution < 1.29 is 22.1 Å². The zero-order chi connectivity index (χ0) is 20.7. The second-order valence-corrected chi connectivity index (χ2v) is 8.17. The number of aromatic nitrogens is 2. The number of hydrogen-bond acceptors (Lipinski definition) is 6. The quantitative estimate of drug-likeness (QED) is 0.505. The van der Waals surface area contributed by atoms with E-state index in [0.29, 0.717) is 24.6 Å². The second kappa shape index (κ2) is 9.62. The van der Waals surface area contributed by atoms with Gasteiger partial charge in [-0.2, -0.15) is 4.98 Å². The molecule has 0 radical (unpaired) electrons. The SMILES string of the molecule is COc1ccc(-c2noc(CCCCCNS(=O)(=O)c3cccc(F)c3)n2)cc1. The Morgan fingerprint density at radius 2 is 1.90 bits per heavy atom. The minimum Gasteiger partial charge on any atom is -0.497 e. The number of aryl methyl sites for hydroxylation is 1. The summed E-state index contributed by atoms with van der Waals surface area (Å²) in [6.07, 6.45) is 2.83. The van der Waals surface area contributed by atoms with Gasteiger partial charge >= 0.3 is 0 Å². The lowest BCUT2D eigenvalue weighted by molar-refractivity contribution is 0.374. The highest BCUT2D eigenvalue weighted by Crippen LogP contribution is 2.20. The summed E-state index contributed by atoms with van der Waals surface area (Å²) in [6.45, 7) is 0.278. The average Bonchev–Trinajstić information content (AvgIpc) is 3.19. The molecule has 3 aromatic rings. The van der Waals surface area contributed by atoms with E-state index >= 15 is 0 Å². The van der Waals surface area contributed by atoms with E-state index in [9.17, 15) is 12.8 Å². The highest BCUT2D eigenvalue weighted by Gasteiger charge is 2.14. The van der Waals surface area contributed by atoms with Crippen molar-refractivity contribution in [3.05, 3.63) is 60.2 Å². The zero-order valence-corrected chi connectivity index (χ0v) is 16.8. The van der Waals surface area contributed by atoms with E-state index in [1.165, 1.54) is 18.2 Å². The molecule has 0 aliphatic rings. The van der Waals surface area contributed by atoms with Crippen LogP contribution in [0.1, 0.15) is 25.2 Å². The van der Waals surface area contributed by atoms with Crippen LogP contribution in [0.15, 0.2) is 57.9 Å². The summed E-state index contributed by atoms with van der Waals surface area (Å²) in [7, 11) is -2.09. The molecule has 2 aromatic carbocycles. The van der Waals surface area contributed by atoms with E-state index in [1.54, 1.807) is 7.11 Å². The van der Waals surface area contributed by atoms with Gasteiger partial charge in [-0.15, -0.1) is 0 Å². The highest BCUT2D eigenvalue weighted by atomic mass is 32.2. The van der Waals surface area contributed by atoms with Crippen molar-refractivity contribution in [1.29, 1.82) is 0 Å². The van der Waals surface area contributed by atoms with Gasteiger partial charge in [0.15, 0.2) is 0 Å². The third-order valence-corrected chi connectivity index (χ3v) is 5.74. The number of sulfonamides is 1. The van der Waals surface area contributed by atoms with Gasteiger partial charge in [0.1, 0.15) is 11.6 Å². The molecule has 0 atom stereocenters. The molecule has 0 aliphatic heterocycles. The summed E-state index contributed by atoms with van der Waals surface area (Å²) in [4.78, 5) is 4.30. The van der Waals surface area contributed by atoms with E-state index in [4.69, 9.17) is 9.26 Å². The first-order valence-corrected chi connectivity index (χ1v) is 10.7. The number of hydrogen-bond donors (Lipinski definition) is 1. The van der Waals surface area contributed by atoms with Crippen LogP contribution < -0.4 is 9.46 Å². The van der Waals surface area contributed by atoms with Crippen LogP contribution in [0.25, 0.3) is 11.4 Å². The van der Waals surface area contributed by atoms with Gasteiger partial charge in [-0.1, -0.05) is 17.6 Å². The Bertz CT molecular complexity index is 1040. The van der Waals surface area contributed by atoms with Gasteiger partial charge in [-0.25, -0.2) is 17.5 Å². The molecule has 9 heteroatoms. The molecule has 29 heavy (non-hydrogen) atoms. The molecule has 0 amide bonds. The molecule has 1 N–H and O–H groups in total. The van der Waals surface area contributed by atoms with Gasteiger partial charge < -0.3 is 9.26 Å². The fourth-order valence-electron chi connectivity index (χ4n) is 2.72. The number of halogens is 1. The lowest BCUT2D eigenvalue weighted by Gasteiger charge is -2.06. The molecular weight excluding hydrogens is 397 g/mol. The van der Waals surface area contributed by atoms with E-state index in [0.717, 1.165) is 30.2 Å². The average molecular weight is 419 g/mol. The first-order chi connectivity index (χ1) is 14.0. The highest BCUT2D eigenvalue weighted by molar-refractivity contribution is 7.89. The fraction of sp³-hybridized carbons (Fsp3) is 0.300. The van der Waals surface area contributed by atoms with Crippen LogP contribution in [0.3, 0.4) is 0 Å². The van der Waals surface area contributed by atoms with Gasteiger partial charge in [0.05, 0.1) is 12.0 Å². The number of rotatable bonds is 10. The van der Waals surface area contributed by atoms with Crippen LogP contribution >= 0.6 is 0 Å². The minimum absolute atomic E-state index is 0.0746. The van der Waals surface area contributed by atoms with Crippen molar-refractivity contribution in [2.75, 3.05) is 13.7 Å². The molecule has 1 aromatic heterocycles. The Hall–Kier alpha value is -2.78. The molecule has 0 aliphatic carbocycles. The normalized spacial score (nSPS) is 11.5. The van der Waals surface area contributed by atoms with E-state index < -0.39 is 15.8 Å². The fourth-order valence-corrected chi connectivity index (χ4v) is 3.82. The van der Waals surface area contributed by atoms with Crippen molar-refractivity contribution in [2.45, 2.75) is 30.6 Å². The number of methoxy groups -OCH3 is 1. The molecule has 3 rings (SSSR count).